The lowest BCUT2D eigenvalue weighted by molar-refractivity contribution is -0.118. The maximum Gasteiger partial charge on any atom is 0.274 e. The summed E-state index contributed by atoms with van der Waals surface area (Å²) in [7, 11) is 0. The van der Waals surface area contributed by atoms with E-state index in [1.165, 1.54) is 11.1 Å². The van der Waals surface area contributed by atoms with Crippen molar-refractivity contribution in [2.24, 2.45) is 5.92 Å². The highest BCUT2D eigenvalue weighted by atomic mass is 16.2. The first-order valence-corrected chi connectivity index (χ1v) is 11.4. The van der Waals surface area contributed by atoms with Gasteiger partial charge in [-0.15, -0.1) is 0 Å². The average Bonchev–Trinajstić information content (AvgIpc) is 3.25. The summed E-state index contributed by atoms with van der Waals surface area (Å²) < 4.78 is 1.63. The van der Waals surface area contributed by atoms with Gasteiger partial charge in [0.1, 0.15) is 5.82 Å². The minimum absolute atomic E-state index is 0.111. The van der Waals surface area contributed by atoms with Crippen LogP contribution in [0.25, 0.3) is 5.69 Å². The minimum atomic E-state index is -0.176. The number of anilines is 1. The van der Waals surface area contributed by atoms with Gasteiger partial charge >= 0.3 is 0 Å². The van der Waals surface area contributed by atoms with E-state index in [1.807, 2.05) is 49.1 Å². The summed E-state index contributed by atoms with van der Waals surface area (Å²) in [4.78, 5) is 29.8. The third kappa shape index (κ3) is 5.31. The lowest BCUT2D eigenvalue weighted by atomic mass is 10.1. The molecule has 7 nitrogen and oxygen atoms in total. The largest absolute Gasteiger partial charge is 0.335 e. The molecule has 0 bridgehead atoms. The summed E-state index contributed by atoms with van der Waals surface area (Å²) in [5.41, 5.74) is 3.74. The van der Waals surface area contributed by atoms with Crippen molar-refractivity contribution < 1.29 is 9.59 Å². The van der Waals surface area contributed by atoms with Gasteiger partial charge in [-0.3, -0.25) is 14.5 Å². The van der Waals surface area contributed by atoms with Gasteiger partial charge < -0.3 is 10.2 Å². The van der Waals surface area contributed by atoms with Gasteiger partial charge in [0.2, 0.25) is 5.91 Å². The topological polar surface area (TPSA) is 70.5 Å². The number of nitrogens with zero attached hydrogens (tertiary/aromatic N) is 4. The molecule has 0 radical (unpaired) electrons. The summed E-state index contributed by atoms with van der Waals surface area (Å²) in [5.74, 6) is 0.0993. The summed E-state index contributed by atoms with van der Waals surface area (Å²) in [6, 6.07) is 19.6. The predicted molar refractivity (Wildman–Crippen MR) is 129 cm³/mol. The van der Waals surface area contributed by atoms with Crippen LogP contribution in [-0.2, 0) is 11.3 Å². The van der Waals surface area contributed by atoms with Gasteiger partial charge in [0.25, 0.3) is 5.91 Å². The van der Waals surface area contributed by atoms with Crippen LogP contribution in [0.4, 0.5) is 5.82 Å². The molecule has 0 aliphatic carbocycles. The molecule has 0 atom stereocenters. The Kier molecular flexibility index (Phi) is 6.89. The van der Waals surface area contributed by atoms with Gasteiger partial charge in [-0.2, -0.15) is 5.10 Å². The highest BCUT2D eigenvalue weighted by molar-refractivity contribution is 5.96. The van der Waals surface area contributed by atoms with Crippen LogP contribution in [0.1, 0.15) is 35.5 Å². The fourth-order valence-corrected chi connectivity index (χ4v) is 3.91. The number of benzene rings is 2. The van der Waals surface area contributed by atoms with Gasteiger partial charge in [0, 0.05) is 44.7 Å². The molecule has 33 heavy (non-hydrogen) atoms. The second-order valence-electron chi connectivity index (χ2n) is 8.80. The molecule has 0 saturated carbocycles. The van der Waals surface area contributed by atoms with E-state index >= 15 is 0 Å². The van der Waals surface area contributed by atoms with Crippen LogP contribution in [0.3, 0.4) is 0 Å². The molecule has 1 aliphatic heterocycles. The minimum Gasteiger partial charge on any atom is -0.335 e. The van der Waals surface area contributed by atoms with Gasteiger partial charge in [0.15, 0.2) is 5.69 Å². The monoisotopic (exact) mass is 445 g/mol. The number of carbonyl (C=O) groups is 2. The normalized spacial score (nSPS) is 14.5. The maximum absolute atomic E-state index is 13.3. The smallest absolute Gasteiger partial charge is 0.274 e. The number of nitrogens with one attached hydrogen (secondary N) is 1. The molecule has 1 fully saturated rings. The number of para-hydroxylation sites is 1. The number of rotatable bonds is 6. The van der Waals surface area contributed by atoms with Crippen molar-refractivity contribution in [3.63, 3.8) is 0 Å². The quantitative estimate of drug-likeness (QED) is 0.628. The molecule has 0 spiro atoms. The van der Waals surface area contributed by atoms with E-state index < -0.39 is 0 Å². The van der Waals surface area contributed by atoms with Crippen molar-refractivity contribution in [3.05, 3.63) is 77.5 Å². The van der Waals surface area contributed by atoms with Crippen molar-refractivity contribution in [3.8, 4) is 5.69 Å². The highest BCUT2D eigenvalue weighted by Gasteiger charge is 2.26. The average molecular weight is 446 g/mol. The first kappa shape index (κ1) is 22.7. The van der Waals surface area contributed by atoms with E-state index in [9.17, 15) is 9.59 Å². The van der Waals surface area contributed by atoms with Crippen LogP contribution in [0, 0.1) is 12.8 Å². The zero-order valence-electron chi connectivity index (χ0n) is 19.5. The number of hydrogen-bond acceptors (Lipinski definition) is 4. The maximum atomic E-state index is 13.3. The van der Waals surface area contributed by atoms with Gasteiger partial charge in [-0.05, 0) is 30.2 Å². The molecule has 3 aromatic rings. The zero-order valence-corrected chi connectivity index (χ0v) is 19.5. The van der Waals surface area contributed by atoms with Crippen LogP contribution < -0.4 is 5.32 Å². The molecule has 1 aliphatic rings. The third-order valence-corrected chi connectivity index (χ3v) is 6.02. The second-order valence-corrected chi connectivity index (χ2v) is 8.80. The Morgan fingerprint density at radius 1 is 0.970 bits per heavy atom. The number of aryl methyl sites for hydroxylation is 1. The van der Waals surface area contributed by atoms with Crippen LogP contribution >= 0.6 is 0 Å². The van der Waals surface area contributed by atoms with E-state index in [1.54, 1.807) is 10.7 Å². The molecule has 7 heteroatoms. The Bertz CT molecular complexity index is 1110. The van der Waals surface area contributed by atoms with E-state index in [-0.39, 0.29) is 17.7 Å². The molecule has 2 aromatic carbocycles. The summed E-state index contributed by atoms with van der Waals surface area (Å²) in [6.07, 6.45) is 0. The molecule has 1 aromatic heterocycles. The zero-order chi connectivity index (χ0) is 23.4. The van der Waals surface area contributed by atoms with Crippen LogP contribution in [0.2, 0.25) is 0 Å². The standard InChI is InChI=1S/C26H31N5O2/c1-19(2)25(32)27-24-17-23(28-31(24)22-11-5-4-6-12-22)26(33)30-15-13-29(14-16-30)18-21-10-8-7-9-20(21)3/h4-12,17,19H,13-16,18H2,1-3H3,(H,27,32). The highest BCUT2D eigenvalue weighted by Crippen LogP contribution is 2.20. The molecule has 0 unspecified atom stereocenters. The van der Waals surface area contributed by atoms with E-state index in [2.05, 4.69) is 46.5 Å². The van der Waals surface area contributed by atoms with Gasteiger partial charge in [-0.25, -0.2) is 4.68 Å². The molecular weight excluding hydrogens is 414 g/mol. The predicted octanol–water partition coefficient (Wildman–Crippen LogP) is 3.73. The van der Waals surface area contributed by atoms with Gasteiger partial charge in [-0.1, -0.05) is 56.3 Å². The second kappa shape index (κ2) is 10.0. The van der Waals surface area contributed by atoms with Gasteiger partial charge in [0.05, 0.1) is 5.69 Å². The van der Waals surface area contributed by atoms with Crippen LogP contribution in [0.5, 0.6) is 0 Å². The first-order valence-electron chi connectivity index (χ1n) is 11.4. The Morgan fingerprint density at radius 2 is 1.64 bits per heavy atom. The van der Waals surface area contributed by atoms with Crippen LogP contribution in [-0.4, -0.2) is 57.6 Å². The van der Waals surface area contributed by atoms with E-state index in [4.69, 9.17) is 0 Å². The molecule has 2 amide bonds. The fourth-order valence-electron chi connectivity index (χ4n) is 3.91. The first-order chi connectivity index (χ1) is 15.9. The lowest BCUT2D eigenvalue weighted by Gasteiger charge is -2.34. The number of aromatic nitrogens is 2. The SMILES string of the molecule is Cc1ccccc1CN1CCN(C(=O)c2cc(NC(=O)C(C)C)n(-c3ccccc3)n2)CC1. The Labute approximate surface area is 195 Å². The molecule has 1 saturated heterocycles. The molecular formula is C26H31N5O2. The number of piperazine rings is 1. The van der Waals surface area contributed by atoms with Crippen molar-refractivity contribution >= 4 is 17.6 Å². The molecule has 2 heterocycles. The van der Waals surface area contributed by atoms with E-state index in [0.29, 0.717) is 24.6 Å². The Hall–Kier alpha value is -3.45. The lowest BCUT2D eigenvalue weighted by Crippen LogP contribution is -2.48. The summed E-state index contributed by atoms with van der Waals surface area (Å²) in [6.45, 7) is 9.62. The molecule has 172 valence electrons. The third-order valence-electron chi connectivity index (χ3n) is 6.02. The number of hydrogen-bond donors (Lipinski definition) is 1. The van der Waals surface area contributed by atoms with Crippen molar-refractivity contribution in [1.29, 1.82) is 0 Å². The molecule has 1 N–H and O–H groups in total. The van der Waals surface area contributed by atoms with Crippen molar-refractivity contribution in [1.82, 2.24) is 19.6 Å². The number of carbonyl (C=O) groups excluding carboxylic acids is 2. The van der Waals surface area contributed by atoms with Crippen molar-refractivity contribution in [2.45, 2.75) is 27.3 Å². The Balaban J connectivity index is 1.47. The summed E-state index contributed by atoms with van der Waals surface area (Å²) >= 11 is 0. The molecule has 4 rings (SSSR count). The fraction of sp³-hybridized carbons (Fsp3) is 0.346. The van der Waals surface area contributed by atoms with Crippen LogP contribution in [0.15, 0.2) is 60.7 Å². The summed E-state index contributed by atoms with van der Waals surface area (Å²) in [5, 5.41) is 7.47. The van der Waals surface area contributed by atoms with E-state index in [0.717, 1.165) is 25.3 Å². The van der Waals surface area contributed by atoms with Crippen molar-refractivity contribution in [2.75, 3.05) is 31.5 Å². The number of amides is 2. The Morgan fingerprint density at radius 3 is 2.30 bits per heavy atom.